The van der Waals surface area contributed by atoms with E-state index in [9.17, 15) is 18.0 Å². The fourth-order valence-corrected chi connectivity index (χ4v) is 3.46. The molecule has 4 rings (SSSR count). The van der Waals surface area contributed by atoms with Crippen molar-refractivity contribution < 1.29 is 27.1 Å². The van der Waals surface area contributed by atoms with Crippen LogP contribution in [-0.4, -0.2) is 21.9 Å². The Bertz CT molecular complexity index is 1140. The molecule has 33 heavy (non-hydrogen) atoms. The van der Waals surface area contributed by atoms with E-state index in [1.807, 2.05) is 24.3 Å². The van der Waals surface area contributed by atoms with Gasteiger partial charge in [0.25, 0.3) is 0 Å². The number of nitrogens with one attached hydrogen (secondary N) is 1. The monoisotopic (exact) mass is 459 g/mol. The average molecular weight is 459 g/mol. The van der Waals surface area contributed by atoms with Crippen molar-refractivity contribution in [3.63, 3.8) is 0 Å². The van der Waals surface area contributed by atoms with Crippen LogP contribution in [0.4, 0.5) is 18.0 Å². The van der Waals surface area contributed by atoms with E-state index < -0.39 is 29.0 Å². The second-order valence-corrected chi connectivity index (χ2v) is 9.15. The lowest BCUT2D eigenvalue weighted by Gasteiger charge is -2.21. The van der Waals surface area contributed by atoms with Crippen LogP contribution >= 0.6 is 0 Å². The summed E-state index contributed by atoms with van der Waals surface area (Å²) in [7, 11) is 0. The minimum atomic E-state index is -4.37. The molecular formula is C24H24F3N3O3. The summed E-state index contributed by atoms with van der Waals surface area (Å²) in [5.74, 6) is 0.581. The van der Waals surface area contributed by atoms with Gasteiger partial charge >= 0.3 is 12.3 Å². The van der Waals surface area contributed by atoms with Gasteiger partial charge in [-0.2, -0.15) is 13.2 Å². The topological polar surface area (TPSA) is 77.2 Å². The van der Waals surface area contributed by atoms with Gasteiger partial charge in [-0.3, -0.25) is 0 Å². The molecule has 1 amide bonds. The molecule has 9 heteroatoms. The summed E-state index contributed by atoms with van der Waals surface area (Å²) < 4.78 is 49.8. The minimum absolute atomic E-state index is 0.282. The van der Waals surface area contributed by atoms with Crippen molar-refractivity contribution in [2.45, 2.75) is 57.3 Å². The summed E-state index contributed by atoms with van der Waals surface area (Å²) in [4.78, 5) is 12.2. The third-order valence-corrected chi connectivity index (χ3v) is 5.25. The molecule has 2 aromatic carbocycles. The molecule has 0 unspecified atom stereocenters. The SMILES string of the molecule is CC(C)(C)OC(=O)NC1(c2nnc(-c3ccccc3Cc3ccc(C(F)(F)F)cc3)o2)CC1. The van der Waals surface area contributed by atoms with E-state index in [1.54, 1.807) is 20.8 Å². The zero-order valence-corrected chi connectivity index (χ0v) is 18.5. The van der Waals surface area contributed by atoms with Crippen molar-refractivity contribution in [2.75, 3.05) is 0 Å². The molecule has 3 aromatic rings. The maximum absolute atomic E-state index is 12.8. The number of benzene rings is 2. The molecule has 1 heterocycles. The maximum Gasteiger partial charge on any atom is 0.416 e. The number of carbonyl (C=O) groups excluding carboxylic acids is 1. The molecule has 0 spiro atoms. The van der Waals surface area contributed by atoms with Crippen LogP contribution in [0.2, 0.25) is 0 Å². The van der Waals surface area contributed by atoms with E-state index in [2.05, 4.69) is 15.5 Å². The summed E-state index contributed by atoms with van der Waals surface area (Å²) in [6.07, 6.45) is -3.22. The van der Waals surface area contributed by atoms with Gasteiger partial charge in [0.1, 0.15) is 11.1 Å². The Labute approximate surface area is 189 Å². The van der Waals surface area contributed by atoms with Crippen LogP contribution in [-0.2, 0) is 22.9 Å². The number of hydrogen-bond donors (Lipinski definition) is 1. The number of ether oxygens (including phenoxy) is 1. The molecule has 1 aliphatic carbocycles. The molecule has 1 fully saturated rings. The molecule has 174 valence electrons. The molecule has 1 aliphatic rings. The van der Waals surface area contributed by atoms with Crippen molar-refractivity contribution in [3.05, 3.63) is 71.1 Å². The minimum Gasteiger partial charge on any atom is -0.444 e. The van der Waals surface area contributed by atoms with E-state index >= 15 is 0 Å². The van der Waals surface area contributed by atoms with Crippen molar-refractivity contribution in [1.29, 1.82) is 0 Å². The Morgan fingerprint density at radius 2 is 1.73 bits per heavy atom. The molecular weight excluding hydrogens is 435 g/mol. The molecule has 0 atom stereocenters. The number of nitrogens with zero attached hydrogens (tertiary/aromatic N) is 2. The predicted molar refractivity (Wildman–Crippen MR) is 114 cm³/mol. The maximum atomic E-state index is 12.8. The highest BCUT2D eigenvalue weighted by molar-refractivity contribution is 5.69. The van der Waals surface area contributed by atoms with Gasteiger partial charge < -0.3 is 14.5 Å². The van der Waals surface area contributed by atoms with Crippen LogP contribution in [0.1, 0.15) is 56.2 Å². The molecule has 0 aliphatic heterocycles. The fraction of sp³-hybridized carbons (Fsp3) is 0.375. The second kappa shape index (κ2) is 8.20. The van der Waals surface area contributed by atoms with E-state index in [0.29, 0.717) is 30.7 Å². The Morgan fingerprint density at radius 3 is 2.33 bits per heavy atom. The van der Waals surface area contributed by atoms with Gasteiger partial charge in [-0.25, -0.2) is 4.79 Å². The standard InChI is InChI=1S/C24H24F3N3O3/c1-22(2,3)33-21(31)28-23(12-13-23)20-30-29-19(32-20)18-7-5-4-6-16(18)14-15-8-10-17(11-9-15)24(25,26)27/h4-11H,12-14H2,1-3H3,(H,28,31). The number of alkyl halides is 3. The van der Waals surface area contributed by atoms with Crippen LogP contribution < -0.4 is 5.32 Å². The Balaban J connectivity index is 1.53. The van der Waals surface area contributed by atoms with Gasteiger partial charge in [-0.05, 0) is 69.4 Å². The zero-order chi connectivity index (χ0) is 23.9. The van der Waals surface area contributed by atoms with Crippen LogP contribution in [0.3, 0.4) is 0 Å². The zero-order valence-electron chi connectivity index (χ0n) is 18.5. The fourth-order valence-electron chi connectivity index (χ4n) is 3.46. The smallest absolute Gasteiger partial charge is 0.416 e. The van der Waals surface area contributed by atoms with Crippen LogP contribution in [0.15, 0.2) is 52.9 Å². The Kier molecular flexibility index (Phi) is 5.67. The second-order valence-electron chi connectivity index (χ2n) is 9.15. The third-order valence-electron chi connectivity index (χ3n) is 5.25. The van der Waals surface area contributed by atoms with Gasteiger partial charge in [0, 0.05) is 5.56 Å². The van der Waals surface area contributed by atoms with Gasteiger partial charge in [0.05, 0.1) is 5.56 Å². The number of amides is 1. The van der Waals surface area contributed by atoms with Crippen molar-refractivity contribution in [2.24, 2.45) is 0 Å². The predicted octanol–water partition coefficient (Wildman–Crippen LogP) is 5.86. The lowest BCUT2D eigenvalue weighted by Crippen LogP contribution is -2.39. The first-order chi connectivity index (χ1) is 15.5. The van der Waals surface area contributed by atoms with Crippen molar-refractivity contribution in [1.82, 2.24) is 15.5 Å². The highest BCUT2D eigenvalue weighted by atomic mass is 19.4. The van der Waals surface area contributed by atoms with Gasteiger partial charge in [0.2, 0.25) is 11.8 Å². The number of carbonyl (C=O) groups is 1. The quantitative estimate of drug-likeness (QED) is 0.517. The molecule has 1 aromatic heterocycles. The lowest BCUT2D eigenvalue weighted by atomic mass is 9.99. The van der Waals surface area contributed by atoms with E-state index in [-0.39, 0.29) is 5.89 Å². The van der Waals surface area contributed by atoms with Crippen molar-refractivity contribution >= 4 is 6.09 Å². The van der Waals surface area contributed by atoms with Gasteiger partial charge in [-0.15, -0.1) is 10.2 Å². The molecule has 1 saturated carbocycles. The number of halogens is 3. The normalized spacial score (nSPS) is 15.2. The van der Waals surface area contributed by atoms with Gasteiger partial charge in [-0.1, -0.05) is 30.3 Å². The number of hydrogen-bond acceptors (Lipinski definition) is 5. The molecule has 0 bridgehead atoms. The van der Waals surface area contributed by atoms with E-state index in [1.165, 1.54) is 12.1 Å². The van der Waals surface area contributed by atoms with E-state index in [4.69, 9.17) is 9.15 Å². The third kappa shape index (κ3) is 5.35. The number of rotatable bonds is 5. The lowest BCUT2D eigenvalue weighted by molar-refractivity contribution is -0.137. The number of alkyl carbamates (subject to hydrolysis) is 1. The summed E-state index contributed by atoms with van der Waals surface area (Å²) in [5.41, 5.74) is 0.184. The van der Waals surface area contributed by atoms with Gasteiger partial charge in [0.15, 0.2) is 0 Å². The highest BCUT2D eigenvalue weighted by Gasteiger charge is 2.51. The first kappa shape index (κ1) is 22.8. The molecule has 1 N–H and O–H groups in total. The average Bonchev–Trinajstić information content (AvgIpc) is 3.31. The summed E-state index contributed by atoms with van der Waals surface area (Å²) in [6, 6.07) is 12.4. The first-order valence-electron chi connectivity index (χ1n) is 10.5. The highest BCUT2D eigenvalue weighted by Crippen LogP contribution is 2.45. The van der Waals surface area contributed by atoms with Crippen LogP contribution in [0, 0.1) is 0 Å². The Hall–Kier alpha value is -3.36. The largest absolute Gasteiger partial charge is 0.444 e. The number of aromatic nitrogens is 2. The summed E-state index contributed by atoms with van der Waals surface area (Å²) >= 11 is 0. The first-order valence-corrected chi connectivity index (χ1v) is 10.5. The Morgan fingerprint density at radius 1 is 1.06 bits per heavy atom. The summed E-state index contributed by atoms with van der Waals surface area (Å²) in [5, 5.41) is 11.1. The summed E-state index contributed by atoms with van der Waals surface area (Å²) in [6.45, 7) is 5.35. The molecule has 6 nitrogen and oxygen atoms in total. The van der Waals surface area contributed by atoms with E-state index in [0.717, 1.165) is 23.3 Å². The molecule has 0 saturated heterocycles. The van der Waals surface area contributed by atoms with Crippen molar-refractivity contribution in [3.8, 4) is 11.5 Å². The van der Waals surface area contributed by atoms with Crippen LogP contribution in [0.5, 0.6) is 0 Å². The van der Waals surface area contributed by atoms with Crippen LogP contribution in [0.25, 0.3) is 11.5 Å². The molecule has 0 radical (unpaired) electrons.